The molecule has 0 spiro atoms. The van der Waals surface area contributed by atoms with E-state index in [2.05, 4.69) is 0 Å². The van der Waals surface area contributed by atoms with Crippen molar-refractivity contribution in [3.8, 4) is 5.75 Å². The lowest BCUT2D eigenvalue weighted by molar-refractivity contribution is -0.346. The Kier molecular flexibility index (Phi) is 3.60. The SMILES string of the molecule is OC[C@H]1O[C@H](O)[C@@H](O)[C@](O)(n2cc(O)c3ccccc32)[C@@H]1O. The average molecular weight is 311 g/mol. The number of fused-ring (bicyclic) bond motifs is 1. The lowest BCUT2D eigenvalue weighted by atomic mass is 9.91. The molecule has 1 aliphatic rings. The molecule has 1 fully saturated rings. The lowest BCUT2D eigenvalue weighted by Crippen LogP contribution is -2.67. The summed E-state index contributed by atoms with van der Waals surface area (Å²) in [6.07, 6.45) is -5.59. The van der Waals surface area contributed by atoms with Crippen LogP contribution in [-0.4, -0.2) is 66.4 Å². The van der Waals surface area contributed by atoms with Crippen LogP contribution >= 0.6 is 0 Å². The number of nitrogens with zero attached hydrogens (tertiary/aromatic N) is 1. The molecule has 22 heavy (non-hydrogen) atoms. The minimum absolute atomic E-state index is 0.162. The van der Waals surface area contributed by atoms with Gasteiger partial charge in [-0.1, -0.05) is 12.1 Å². The van der Waals surface area contributed by atoms with E-state index in [9.17, 15) is 30.6 Å². The Bertz CT molecular complexity index is 687. The Morgan fingerprint density at radius 3 is 2.50 bits per heavy atom. The van der Waals surface area contributed by atoms with E-state index >= 15 is 0 Å². The van der Waals surface area contributed by atoms with Crippen molar-refractivity contribution in [2.45, 2.75) is 30.3 Å². The molecule has 1 aromatic carbocycles. The van der Waals surface area contributed by atoms with E-state index in [1.54, 1.807) is 24.3 Å². The van der Waals surface area contributed by atoms with Crippen LogP contribution in [0.5, 0.6) is 5.75 Å². The van der Waals surface area contributed by atoms with Gasteiger partial charge in [0.1, 0.15) is 18.0 Å². The van der Waals surface area contributed by atoms with Crippen molar-refractivity contribution < 1.29 is 35.4 Å². The molecule has 120 valence electrons. The number of para-hydroxylation sites is 1. The molecule has 2 aromatic rings. The van der Waals surface area contributed by atoms with Crippen LogP contribution in [0.25, 0.3) is 10.9 Å². The molecule has 0 unspecified atom stereocenters. The van der Waals surface area contributed by atoms with Crippen LogP contribution in [0.2, 0.25) is 0 Å². The monoisotopic (exact) mass is 311 g/mol. The number of benzene rings is 1. The van der Waals surface area contributed by atoms with Crippen molar-refractivity contribution in [3.05, 3.63) is 30.5 Å². The Labute approximate surface area is 125 Å². The zero-order valence-corrected chi connectivity index (χ0v) is 11.4. The third-order valence-corrected chi connectivity index (χ3v) is 4.06. The zero-order valence-electron chi connectivity index (χ0n) is 11.4. The van der Waals surface area contributed by atoms with Crippen molar-refractivity contribution in [1.82, 2.24) is 4.57 Å². The summed E-state index contributed by atoms with van der Waals surface area (Å²) < 4.78 is 5.94. The molecule has 6 N–H and O–H groups in total. The minimum Gasteiger partial charge on any atom is -0.506 e. The van der Waals surface area contributed by atoms with Gasteiger partial charge in [0.2, 0.25) is 5.72 Å². The predicted octanol–water partition coefficient (Wildman–Crippen LogP) is -1.58. The Morgan fingerprint density at radius 1 is 1.14 bits per heavy atom. The summed E-state index contributed by atoms with van der Waals surface area (Å²) in [4.78, 5) is 0. The third kappa shape index (κ3) is 1.93. The summed E-state index contributed by atoms with van der Waals surface area (Å²) in [5.41, 5.74) is -2.04. The molecule has 0 radical (unpaired) electrons. The molecule has 8 nitrogen and oxygen atoms in total. The van der Waals surface area contributed by atoms with Crippen LogP contribution in [0.1, 0.15) is 0 Å². The number of aliphatic hydroxyl groups is 5. The molecule has 0 aliphatic carbocycles. The van der Waals surface area contributed by atoms with Crippen LogP contribution in [0.3, 0.4) is 0 Å². The van der Waals surface area contributed by atoms with Gasteiger partial charge in [-0.2, -0.15) is 0 Å². The van der Waals surface area contributed by atoms with Gasteiger partial charge in [0, 0.05) is 11.6 Å². The van der Waals surface area contributed by atoms with E-state index < -0.39 is 36.9 Å². The van der Waals surface area contributed by atoms with Gasteiger partial charge in [-0.05, 0) is 12.1 Å². The summed E-state index contributed by atoms with van der Waals surface area (Å²) in [6, 6.07) is 6.50. The number of aromatic nitrogens is 1. The van der Waals surface area contributed by atoms with Gasteiger partial charge in [-0.15, -0.1) is 0 Å². The maximum atomic E-state index is 10.9. The highest BCUT2D eigenvalue weighted by molar-refractivity contribution is 5.86. The summed E-state index contributed by atoms with van der Waals surface area (Å²) in [6.45, 7) is -0.668. The van der Waals surface area contributed by atoms with Crippen molar-refractivity contribution in [3.63, 3.8) is 0 Å². The average Bonchev–Trinajstić information content (AvgIpc) is 2.87. The quantitative estimate of drug-likeness (QED) is 0.394. The van der Waals surface area contributed by atoms with E-state index in [0.717, 1.165) is 10.8 Å². The first-order chi connectivity index (χ1) is 10.4. The molecule has 1 aromatic heterocycles. The summed E-state index contributed by atoms with van der Waals surface area (Å²) in [7, 11) is 0. The maximum Gasteiger partial charge on any atom is 0.202 e. The largest absolute Gasteiger partial charge is 0.506 e. The fourth-order valence-electron chi connectivity index (χ4n) is 2.87. The normalized spacial score (nSPS) is 35.9. The zero-order chi connectivity index (χ0) is 16.1. The van der Waals surface area contributed by atoms with Gasteiger partial charge in [0.15, 0.2) is 12.4 Å². The minimum atomic E-state index is -2.38. The molecule has 0 bridgehead atoms. The number of hydrogen-bond acceptors (Lipinski definition) is 7. The van der Waals surface area contributed by atoms with E-state index in [0.29, 0.717) is 10.9 Å². The van der Waals surface area contributed by atoms with Gasteiger partial charge < -0.3 is 39.9 Å². The van der Waals surface area contributed by atoms with Gasteiger partial charge in [-0.25, -0.2) is 0 Å². The second kappa shape index (κ2) is 5.20. The topological polar surface area (TPSA) is 136 Å². The van der Waals surface area contributed by atoms with E-state index in [4.69, 9.17) is 4.74 Å². The molecular weight excluding hydrogens is 294 g/mol. The highest BCUT2D eigenvalue weighted by Gasteiger charge is 2.56. The fraction of sp³-hybridized carbons (Fsp3) is 0.429. The predicted molar refractivity (Wildman–Crippen MR) is 73.8 cm³/mol. The Morgan fingerprint density at radius 2 is 1.82 bits per heavy atom. The second-order valence-corrected chi connectivity index (χ2v) is 5.32. The second-order valence-electron chi connectivity index (χ2n) is 5.32. The van der Waals surface area contributed by atoms with Gasteiger partial charge in [0.05, 0.1) is 12.1 Å². The van der Waals surface area contributed by atoms with Crippen molar-refractivity contribution >= 4 is 10.9 Å². The maximum absolute atomic E-state index is 10.9. The fourth-order valence-corrected chi connectivity index (χ4v) is 2.87. The molecule has 3 rings (SSSR count). The van der Waals surface area contributed by atoms with Crippen molar-refractivity contribution in [1.29, 1.82) is 0 Å². The van der Waals surface area contributed by atoms with Crippen LogP contribution in [0, 0.1) is 0 Å². The summed E-state index contributed by atoms with van der Waals surface area (Å²) in [5.74, 6) is -0.162. The van der Waals surface area contributed by atoms with Crippen LogP contribution < -0.4 is 0 Å². The van der Waals surface area contributed by atoms with E-state index in [1.165, 1.54) is 0 Å². The molecule has 1 saturated heterocycles. The van der Waals surface area contributed by atoms with Crippen LogP contribution in [0.4, 0.5) is 0 Å². The van der Waals surface area contributed by atoms with Crippen molar-refractivity contribution in [2.75, 3.05) is 6.61 Å². The number of aliphatic hydroxyl groups excluding tert-OH is 4. The molecule has 5 atom stereocenters. The molecule has 0 amide bonds. The van der Waals surface area contributed by atoms with Gasteiger partial charge >= 0.3 is 0 Å². The molecule has 1 aliphatic heterocycles. The first-order valence-electron chi connectivity index (χ1n) is 6.73. The van der Waals surface area contributed by atoms with Crippen molar-refractivity contribution in [2.24, 2.45) is 0 Å². The number of ether oxygens (including phenoxy) is 1. The number of hydrogen-bond donors (Lipinski definition) is 6. The smallest absolute Gasteiger partial charge is 0.202 e. The third-order valence-electron chi connectivity index (χ3n) is 4.06. The van der Waals surface area contributed by atoms with E-state index in [-0.39, 0.29) is 5.75 Å². The summed E-state index contributed by atoms with van der Waals surface area (Å²) >= 11 is 0. The Balaban J connectivity index is 2.21. The van der Waals surface area contributed by atoms with Crippen LogP contribution in [-0.2, 0) is 10.5 Å². The molecule has 2 heterocycles. The molecule has 8 heteroatoms. The molecular formula is C14H17NO7. The summed E-state index contributed by atoms with van der Waals surface area (Å²) in [5, 5.41) is 60.6. The van der Waals surface area contributed by atoms with Crippen LogP contribution in [0.15, 0.2) is 30.5 Å². The van der Waals surface area contributed by atoms with Gasteiger partial charge in [0.25, 0.3) is 0 Å². The Hall–Kier alpha value is -1.68. The van der Waals surface area contributed by atoms with E-state index in [1.807, 2.05) is 0 Å². The lowest BCUT2D eigenvalue weighted by Gasteiger charge is -2.47. The highest BCUT2D eigenvalue weighted by atomic mass is 16.6. The standard InChI is InChI=1S/C14H17NO7/c16-6-10-11(18)14(21,12(19)13(20)22-10)15-5-9(17)7-3-1-2-4-8(7)15/h1-5,10-13,16-21H,6H2/t10-,11-,12-,13+,14+/m1/s1. The molecule has 0 saturated carbocycles. The highest BCUT2D eigenvalue weighted by Crippen LogP contribution is 2.38. The first-order valence-corrected chi connectivity index (χ1v) is 6.73. The number of aromatic hydroxyl groups is 1. The van der Waals surface area contributed by atoms with Gasteiger partial charge in [-0.3, -0.25) is 0 Å². The number of rotatable bonds is 2. The first kappa shape index (κ1) is 15.2.